The number of hydrogen-bond donors (Lipinski definition) is 0. The predicted molar refractivity (Wildman–Crippen MR) is 61.6 cm³/mol. The average Bonchev–Trinajstić information content (AvgIpc) is 2.31. The van der Waals surface area contributed by atoms with Crippen molar-refractivity contribution in [3.05, 3.63) is 11.6 Å². The number of hydrogen-bond acceptors (Lipinski definition) is 1. The van der Waals surface area contributed by atoms with Gasteiger partial charge in [-0.3, -0.25) is 4.79 Å². The zero-order chi connectivity index (χ0) is 10.5. The van der Waals surface area contributed by atoms with Crippen LogP contribution in [0.2, 0.25) is 0 Å². The molecule has 0 unspecified atom stereocenters. The summed E-state index contributed by atoms with van der Waals surface area (Å²) in [6.45, 7) is 1.98. The van der Waals surface area contributed by atoms with E-state index in [4.69, 9.17) is 0 Å². The van der Waals surface area contributed by atoms with Gasteiger partial charge in [-0.1, -0.05) is 11.6 Å². The molecule has 0 saturated carbocycles. The van der Waals surface area contributed by atoms with E-state index in [0.717, 1.165) is 19.5 Å². The van der Waals surface area contributed by atoms with Crippen LogP contribution in [0, 0.1) is 0 Å². The Labute approximate surface area is 92.3 Å². The minimum absolute atomic E-state index is 0.364. The molecule has 2 aliphatic rings. The number of nitrogens with zero attached hydrogens (tertiary/aromatic N) is 1. The second-order valence-corrected chi connectivity index (χ2v) is 4.73. The third-order valence-electron chi connectivity index (χ3n) is 3.47. The molecule has 2 heteroatoms. The topological polar surface area (TPSA) is 20.3 Å². The van der Waals surface area contributed by atoms with Crippen LogP contribution >= 0.6 is 0 Å². The average molecular weight is 207 g/mol. The first-order chi connectivity index (χ1) is 7.36. The number of rotatable bonds is 2. The van der Waals surface area contributed by atoms with Gasteiger partial charge < -0.3 is 4.90 Å². The summed E-state index contributed by atoms with van der Waals surface area (Å²) in [5, 5.41) is 0. The second kappa shape index (κ2) is 5.34. The molecule has 0 spiro atoms. The van der Waals surface area contributed by atoms with Crippen molar-refractivity contribution < 1.29 is 4.79 Å². The molecule has 0 bridgehead atoms. The Balaban J connectivity index is 1.82. The molecule has 0 aromatic carbocycles. The normalized spacial score (nSPS) is 22.4. The molecule has 0 atom stereocenters. The van der Waals surface area contributed by atoms with Crippen molar-refractivity contribution >= 4 is 5.91 Å². The predicted octanol–water partition coefficient (Wildman–Crippen LogP) is 2.89. The molecule has 1 aliphatic carbocycles. The first-order valence-electron chi connectivity index (χ1n) is 6.32. The highest BCUT2D eigenvalue weighted by molar-refractivity contribution is 5.78. The Morgan fingerprint density at radius 2 is 1.93 bits per heavy atom. The summed E-state index contributed by atoms with van der Waals surface area (Å²) in [5.41, 5.74) is 1.39. The van der Waals surface area contributed by atoms with Crippen molar-refractivity contribution in [3.63, 3.8) is 0 Å². The summed E-state index contributed by atoms with van der Waals surface area (Å²) in [5.74, 6) is 0.364. The zero-order valence-corrected chi connectivity index (χ0v) is 9.50. The number of amides is 1. The highest BCUT2D eigenvalue weighted by Gasteiger charge is 2.17. The van der Waals surface area contributed by atoms with Crippen LogP contribution in [-0.2, 0) is 4.79 Å². The van der Waals surface area contributed by atoms with Crippen LogP contribution in [0.4, 0.5) is 0 Å². The SMILES string of the molecule is O=C(CC1=CCCCC1)N1CCCCC1. The Morgan fingerprint density at radius 3 is 2.60 bits per heavy atom. The molecular formula is C13H21NO. The van der Waals surface area contributed by atoms with Crippen molar-refractivity contribution in [2.75, 3.05) is 13.1 Å². The molecule has 1 saturated heterocycles. The standard InChI is InChI=1S/C13H21NO/c15-13(14-9-5-2-6-10-14)11-12-7-3-1-4-8-12/h7H,1-6,8-11H2. The van der Waals surface area contributed by atoms with Gasteiger partial charge in [-0.2, -0.15) is 0 Å². The molecule has 2 nitrogen and oxygen atoms in total. The quantitative estimate of drug-likeness (QED) is 0.638. The van der Waals surface area contributed by atoms with E-state index >= 15 is 0 Å². The van der Waals surface area contributed by atoms with E-state index in [9.17, 15) is 4.79 Å². The van der Waals surface area contributed by atoms with Gasteiger partial charge in [-0.05, 0) is 44.9 Å². The molecule has 1 heterocycles. The lowest BCUT2D eigenvalue weighted by atomic mass is 9.96. The van der Waals surface area contributed by atoms with Crippen molar-refractivity contribution in [2.24, 2.45) is 0 Å². The van der Waals surface area contributed by atoms with Crippen LogP contribution in [0.3, 0.4) is 0 Å². The van der Waals surface area contributed by atoms with Crippen LogP contribution in [0.1, 0.15) is 51.4 Å². The number of likely N-dealkylation sites (tertiary alicyclic amines) is 1. The lowest BCUT2D eigenvalue weighted by Gasteiger charge is -2.27. The fourth-order valence-corrected chi connectivity index (χ4v) is 2.51. The summed E-state index contributed by atoms with van der Waals surface area (Å²) in [6.07, 6.45) is 11.6. The molecule has 2 rings (SSSR count). The van der Waals surface area contributed by atoms with Crippen molar-refractivity contribution in [1.82, 2.24) is 4.90 Å². The van der Waals surface area contributed by atoms with Gasteiger partial charge in [0, 0.05) is 19.5 Å². The van der Waals surface area contributed by atoms with E-state index in [0.29, 0.717) is 12.3 Å². The summed E-state index contributed by atoms with van der Waals surface area (Å²) in [6, 6.07) is 0. The molecular weight excluding hydrogens is 186 g/mol. The summed E-state index contributed by atoms with van der Waals surface area (Å²) >= 11 is 0. The minimum Gasteiger partial charge on any atom is -0.342 e. The molecule has 1 fully saturated rings. The minimum atomic E-state index is 0.364. The van der Waals surface area contributed by atoms with Gasteiger partial charge in [0.2, 0.25) is 5.91 Å². The van der Waals surface area contributed by atoms with Gasteiger partial charge in [0.1, 0.15) is 0 Å². The second-order valence-electron chi connectivity index (χ2n) is 4.73. The van der Waals surface area contributed by atoms with Crippen LogP contribution in [0.5, 0.6) is 0 Å². The molecule has 0 aromatic rings. The van der Waals surface area contributed by atoms with Crippen molar-refractivity contribution in [2.45, 2.75) is 51.4 Å². The number of carbonyl (C=O) groups excluding carboxylic acids is 1. The van der Waals surface area contributed by atoms with E-state index in [2.05, 4.69) is 11.0 Å². The van der Waals surface area contributed by atoms with Gasteiger partial charge in [0.05, 0.1) is 0 Å². The van der Waals surface area contributed by atoms with E-state index in [-0.39, 0.29) is 0 Å². The Bertz CT molecular complexity index is 251. The maximum Gasteiger partial charge on any atom is 0.226 e. The highest BCUT2D eigenvalue weighted by Crippen LogP contribution is 2.21. The molecule has 0 radical (unpaired) electrons. The number of carbonyl (C=O) groups is 1. The van der Waals surface area contributed by atoms with Crippen LogP contribution in [0.15, 0.2) is 11.6 Å². The van der Waals surface area contributed by atoms with Crippen molar-refractivity contribution in [1.29, 1.82) is 0 Å². The molecule has 0 aromatic heterocycles. The lowest BCUT2D eigenvalue weighted by molar-refractivity contribution is -0.131. The molecule has 1 aliphatic heterocycles. The fraction of sp³-hybridized carbons (Fsp3) is 0.769. The lowest BCUT2D eigenvalue weighted by Crippen LogP contribution is -2.35. The van der Waals surface area contributed by atoms with E-state index < -0.39 is 0 Å². The first kappa shape index (κ1) is 10.7. The van der Waals surface area contributed by atoms with E-state index in [1.165, 1.54) is 44.1 Å². The zero-order valence-electron chi connectivity index (χ0n) is 9.50. The molecule has 0 N–H and O–H groups in total. The van der Waals surface area contributed by atoms with Gasteiger partial charge in [0.25, 0.3) is 0 Å². The van der Waals surface area contributed by atoms with Gasteiger partial charge in [0.15, 0.2) is 0 Å². The van der Waals surface area contributed by atoms with Gasteiger partial charge in [-0.25, -0.2) is 0 Å². The maximum atomic E-state index is 12.0. The monoisotopic (exact) mass is 207 g/mol. The van der Waals surface area contributed by atoms with Crippen molar-refractivity contribution in [3.8, 4) is 0 Å². The Morgan fingerprint density at radius 1 is 1.13 bits per heavy atom. The number of piperidine rings is 1. The van der Waals surface area contributed by atoms with Gasteiger partial charge >= 0.3 is 0 Å². The Hall–Kier alpha value is -0.790. The third kappa shape index (κ3) is 3.08. The van der Waals surface area contributed by atoms with Crippen LogP contribution < -0.4 is 0 Å². The van der Waals surface area contributed by atoms with E-state index in [1.807, 2.05) is 0 Å². The highest BCUT2D eigenvalue weighted by atomic mass is 16.2. The van der Waals surface area contributed by atoms with Gasteiger partial charge in [-0.15, -0.1) is 0 Å². The third-order valence-corrected chi connectivity index (χ3v) is 3.47. The fourth-order valence-electron chi connectivity index (χ4n) is 2.51. The summed E-state index contributed by atoms with van der Waals surface area (Å²) in [4.78, 5) is 14.0. The maximum absolute atomic E-state index is 12.0. The Kier molecular flexibility index (Phi) is 3.81. The van der Waals surface area contributed by atoms with E-state index in [1.54, 1.807) is 0 Å². The summed E-state index contributed by atoms with van der Waals surface area (Å²) in [7, 11) is 0. The van der Waals surface area contributed by atoms with Crippen LogP contribution in [0.25, 0.3) is 0 Å². The van der Waals surface area contributed by atoms with Crippen LogP contribution in [-0.4, -0.2) is 23.9 Å². The molecule has 15 heavy (non-hydrogen) atoms. The number of allylic oxidation sites excluding steroid dienone is 1. The largest absolute Gasteiger partial charge is 0.342 e. The smallest absolute Gasteiger partial charge is 0.226 e. The molecule has 84 valence electrons. The molecule has 1 amide bonds. The first-order valence-corrected chi connectivity index (χ1v) is 6.32. The summed E-state index contributed by atoms with van der Waals surface area (Å²) < 4.78 is 0.